The van der Waals surface area contributed by atoms with Gasteiger partial charge in [-0.15, -0.1) is 12.4 Å². The molecule has 1 aliphatic rings. The van der Waals surface area contributed by atoms with Crippen LogP contribution in [-0.4, -0.2) is 46.2 Å². The number of nitrogens with two attached hydrogens (primary N) is 1. The summed E-state index contributed by atoms with van der Waals surface area (Å²) in [6.45, 7) is 5.52. The first kappa shape index (κ1) is 18.6. The van der Waals surface area contributed by atoms with Crippen molar-refractivity contribution in [3.05, 3.63) is 17.5 Å². The molecular formula is C14H24ClN5O2. The lowest BCUT2D eigenvalue weighted by Gasteiger charge is -2.32. The summed E-state index contributed by atoms with van der Waals surface area (Å²) in [6, 6.07) is 1.64. The van der Waals surface area contributed by atoms with Crippen LogP contribution >= 0.6 is 12.4 Å². The predicted molar refractivity (Wildman–Crippen MR) is 87.2 cm³/mol. The van der Waals surface area contributed by atoms with Crippen molar-refractivity contribution in [3.63, 3.8) is 0 Å². The van der Waals surface area contributed by atoms with Crippen molar-refractivity contribution in [1.82, 2.24) is 20.6 Å². The number of rotatable bonds is 4. The number of hydrogen-bond acceptors (Lipinski definition) is 6. The van der Waals surface area contributed by atoms with Gasteiger partial charge in [-0.25, -0.2) is 9.97 Å². The van der Waals surface area contributed by atoms with E-state index in [2.05, 4.69) is 20.6 Å². The minimum Gasteiger partial charge on any atom is -0.387 e. The maximum absolute atomic E-state index is 12.2. The van der Waals surface area contributed by atoms with Gasteiger partial charge in [-0.3, -0.25) is 4.79 Å². The molecule has 1 aromatic heterocycles. The molecule has 0 bridgehead atoms. The van der Waals surface area contributed by atoms with E-state index in [-0.39, 0.29) is 42.4 Å². The molecule has 7 nitrogen and oxygen atoms in total. The summed E-state index contributed by atoms with van der Waals surface area (Å²) in [5.41, 5.74) is 5.71. The lowest BCUT2D eigenvalue weighted by molar-refractivity contribution is 0.0169. The number of piperidine rings is 1. The molecule has 0 spiro atoms. The van der Waals surface area contributed by atoms with E-state index in [1.165, 1.54) is 0 Å². The van der Waals surface area contributed by atoms with Crippen LogP contribution in [0.15, 0.2) is 6.07 Å². The highest BCUT2D eigenvalue weighted by Crippen LogP contribution is 2.16. The Kier molecular flexibility index (Phi) is 6.52. The Bertz CT molecular complexity index is 518. The minimum atomic E-state index is -0.895. The Balaban J connectivity index is 0.00000242. The van der Waals surface area contributed by atoms with Crippen molar-refractivity contribution in [3.8, 4) is 0 Å². The molecular weight excluding hydrogens is 306 g/mol. The van der Waals surface area contributed by atoms with Crippen LogP contribution in [0.5, 0.6) is 0 Å². The SMILES string of the molecule is CC(C)c1cc(C(=O)NCC2(O)CCCNC2)nc(N)n1.Cl. The second kappa shape index (κ2) is 7.71. The van der Waals surface area contributed by atoms with Gasteiger partial charge >= 0.3 is 0 Å². The zero-order valence-corrected chi connectivity index (χ0v) is 13.7. The number of anilines is 1. The van der Waals surface area contributed by atoms with E-state index in [1.54, 1.807) is 6.07 Å². The van der Waals surface area contributed by atoms with Crippen molar-refractivity contribution >= 4 is 24.3 Å². The van der Waals surface area contributed by atoms with Gasteiger partial charge in [0.25, 0.3) is 5.91 Å². The van der Waals surface area contributed by atoms with Crippen LogP contribution in [0.1, 0.15) is 48.8 Å². The summed E-state index contributed by atoms with van der Waals surface area (Å²) in [5, 5.41) is 16.2. The van der Waals surface area contributed by atoms with Gasteiger partial charge in [-0.05, 0) is 31.4 Å². The average molecular weight is 330 g/mol. The third kappa shape index (κ3) is 4.79. The minimum absolute atomic E-state index is 0. The maximum atomic E-state index is 12.2. The Morgan fingerprint density at radius 3 is 2.86 bits per heavy atom. The summed E-state index contributed by atoms with van der Waals surface area (Å²) >= 11 is 0. The fourth-order valence-electron chi connectivity index (χ4n) is 2.34. The van der Waals surface area contributed by atoms with Gasteiger partial charge in [0.2, 0.25) is 5.95 Å². The van der Waals surface area contributed by atoms with Gasteiger partial charge in [-0.1, -0.05) is 13.8 Å². The number of aromatic nitrogens is 2. The molecule has 5 N–H and O–H groups in total. The molecule has 0 aliphatic carbocycles. The van der Waals surface area contributed by atoms with Crippen LogP contribution in [0.3, 0.4) is 0 Å². The second-order valence-electron chi connectivity index (χ2n) is 5.88. The molecule has 0 saturated carbocycles. The van der Waals surface area contributed by atoms with Crippen molar-refractivity contribution in [1.29, 1.82) is 0 Å². The lowest BCUT2D eigenvalue weighted by Crippen LogP contribution is -2.52. The molecule has 1 amide bonds. The molecule has 0 aromatic carbocycles. The molecule has 1 atom stereocenters. The van der Waals surface area contributed by atoms with Gasteiger partial charge in [0.05, 0.1) is 5.60 Å². The standard InChI is InChI=1S/C14H23N5O2.ClH/c1-9(2)10-6-11(19-13(15)18-10)12(20)17-8-14(21)4-3-5-16-7-14;/h6,9,16,21H,3-5,7-8H2,1-2H3,(H,17,20)(H2,15,18,19);1H. The number of β-amino-alcohol motifs (C(OH)–C–C–N with tert-alkyl or cyclic N) is 1. The Hall–Kier alpha value is -1.44. The van der Waals surface area contributed by atoms with Gasteiger partial charge in [0, 0.05) is 18.8 Å². The molecule has 1 unspecified atom stereocenters. The second-order valence-corrected chi connectivity index (χ2v) is 5.88. The van der Waals surface area contributed by atoms with Crippen molar-refractivity contribution in [2.24, 2.45) is 0 Å². The van der Waals surface area contributed by atoms with Crippen LogP contribution < -0.4 is 16.4 Å². The number of amides is 1. The number of hydrogen-bond donors (Lipinski definition) is 4. The number of carbonyl (C=O) groups is 1. The molecule has 1 aromatic rings. The first-order valence-electron chi connectivity index (χ1n) is 7.25. The van der Waals surface area contributed by atoms with E-state index < -0.39 is 5.60 Å². The van der Waals surface area contributed by atoms with Crippen LogP contribution in [0, 0.1) is 0 Å². The van der Waals surface area contributed by atoms with Crippen LogP contribution in [-0.2, 0) is 0 Å². The Morgan fingerprint density at radius 2 is 2.27 bits per heavy atom. The van der Waals surface area contributed by atoms with Crippen LogP contribution in [0.25, 0.3) is 0 Å². The first-order valence-corrected chi connectivity index (χ1v) is 7.25. The van der Waals surface area contributed by atoms with E-state index in [0.717, 1.165) is 18.7 Å². The van der Waals surface area contributed by atoms with Gasteiger partial charge in [0.1, 0.15) is 5.69 Å². The molecule has 124 valence electrons. The predicted octanol–water partition coefficient (Wildman–Crippen LogP) is 0.448. The molecule has 1 fully saturated rings. The molecule has 0 radical (unpaired) electrons. The third-order valence-electron chi connectivity index (χ3n) is 3.62. The average Bonchev–Trinajstić information content (AvgIpc) is 2.45. The number of nitrogen functional groups attached to an aromatic ring is 1. The van der Waals surface area contributed by atoms with E-state index in [4.69, 9.17) is 5.73 Å². The molecule has 2 heterocycles. The molecule has 2 rings (SSSR count). The summed E-state index contributed by atoms with van der Waals surface area (Å²) in [7, 11) is 0. The van der Waals surface area contributed by atoms with E-state index in [1.807, 2.05) is 13.8 Å². The van der Waals surface area contributed by atoms with E-state index in [9.17, 15) is 9.90 Å². The Morgan fingerprint density at radius 1 is 1.55 bits per heavy atom. The lowest BCUT2D eigenvalue weighted by atomic mass is 9.94. The number of nitrogens with zero attached hydrogens (tertiary/aromatic N) is 2. The number of aliphatic hydroxyl groups is 1. The topological polar surface area (TPSA) is 113 Å². The molecule has 22 heavy (non-hydrogen) atoms. The van der Waals surface area contributed by atoms with Crippen LogP contribution in [0.2, 0.25) is 0 Å². The third-order valence-corrected chi connectivity index (χ3v) is 3.62. The normalized spacial score (nSPS) is 21.3. The fourth-order valence-corrected chi connectivity index (χ4v) is 2.34. The fraction of sp³-hybridized carbons (Fsp3) is 0.643. The van der Waals surface area contributed by atoms with Crippen molar-refractivity contribution in [2.75, 3.05) is 25.4 Å². The monoisotopic (exact) mass is 329 g/mol. The summed E-state index contributed by atoms with van der Waals surface area (Å²) in [4.78, 5) is 20.2. The molecule has 8 heteroatoms. The molecule has 1 saturated heterocycles. The highest BCUT2D eigenvalue weighted by atomic mass is 35.5. The molecule has 1 aliphatic heterocycles. The highest BCUT2D eigenvalue weighted by Gasteiger charge is 2.29. The summed E-state index contributed by atoms with van der Waals surface area (Å²) in [6.07, 6.45) is 1.56. The summed E-state index contributed by atoms with van der Waals surface area (Å²) in [5.74, 6) is -0.0945. The number of nitrogens with one attached hydrogen (secondary N) is 2. The quantitative estimate of drug-likeness (QED) is 0.638. The van der Waals surface area contributed by atoms with E-state index >= 15 is 0 Å². The zero-order chi connectivity index (χ0) is 15.5. The van der Waals surface area contributed by atoms with Crippen molar-refractivity contribution in [2.45, 2.75) is 38.2 Å². The first-order chi connectivity index (χ1) is 9.89. The Labute approximate surface area is 136 Å². The number of halogens is 1. The van der Waals surface area contributed by atoms with E-state index in [0.29, 0.717) is 13.0 Å². The van der Waals surface area contributed by atoms with Crippen LogP contribution in [0.4, 0.5) is 5.95 Å². The maximum Gasteiger partial charge on any atom is 0.270 e. The summed E-state index contributed by atoms with van der Waals surface area (Å²) < 4.78 is 0. The van der Waals surface area contributed by atoms with Gasteiger partial charge < -0.3 is 21.5 Å². The smallest absolute Gasteiger partial charge is 0.270 e. The van der Waals surface area contributed by atoms with Gasteiger partial charge in [-0.2, -0.15) is 0 Å². The zero-order valence-electron chi connectivity index (χ0n) is 12.9. The number of carbonyl (C=O) groups excluding carboxylic acids is 1. The van der Waals surface area contributed by atoms with Crippen molar-refractivity contribution < 1.29 is 9.90 Å². The van der Waals surface area contributed by atoms with Gasteiger partial charge in [0.15, 0.2) is 0 Å². The highest BCUT2D eigenvalue weighted by molar-refractivity contribution is 5.92. The largest absolute Gasteiger partial charge is 0.387 e.